The third-order valence-corrected chi connectivity index (χ3v) is 4.99. The summed E-state index contributed by atoms with van der Waals surface area (Å²) >= 11 is 1.20. The summed E-state index contributed by atoms with van der Waals surface area (Å²) in [6.07, 6.45) is 5.43. The largest absolute Gasteiger partial charge is 0.467 e. The van der Waals surface area contributed by atoms with Gasteiger partial charge in [-0.3, -0.25) is 4.79 Å². The number of aliphatic hydroxyl groups excluding tert-OH is 1. The molecule has 0 fully saturated rings. The molecule has 0 bridgehead atoms. The molecular formula is C19H35N3O3S. The Morgan fingerprint density at radius 1 is 1.38 bits per heavy atom. The van der Waals surface area contributed by atoms with E-state index in [4.69, 9.17) is 4.74 Å². The number of hydrogen-bond donors (Lipinski definition) is 3. The van der Waals surface area contributed by atoms with E-state index in [1.807, 2.05) is 20.8 Å². The Bertz CT molecular complexity index is 528. The van der Waals surface area contributed by atoms with E-state index < -0.39 is 6.10 Å². The van der Waals surface area contributed by atoms with Gasteiger partial charge in [0.25, 0.3) is 11.1 Å². The van der Waals surface area contributed by atoms with Gasteiger partial charge in [-0.05, 0) is 33.1 Å². The van der Waals surface area contributed by atoms with Crippen molar-refractivity contribution in [2.45, 2.75) is 71.9 Å². The van der Waals surface area contributed by atoms with Gasteiger partial charge in [-0.2, -0.15) is 0 Å². The van der Waals surface area contributed by atoms with Crippen LogP contribution in [-0.4, -0.2) is 47.3 Å². The molecule has 1 heterocycles. The van der Waals surface area contributed by atoms with Crippen molar-refractivity contribution in [1.82, 2.24) is 15.6 Å². The van der Waals surface area contributed by atoms with Crippen LogP contribution in [0.1, 0.15) is 70.0 Å². The predicted molar refractivity (Wildman–Crippen MR) is 107 cm³/mol. The zero-order valence-electron chi connectivity index (χ0n) is 16.8. The highest BCUT2D eigenvalue weighted by molar-refractivity contribution is 7.15. The molecule has 0 saturated heterocycles. The lowest BCUT2D eigenvalue weighted by Gasteiger charge is -2.22. The van der Waals surface area contributed by atoms with Crippen LogP contribution in [0.3, 0.4) is 0 Å². The number of hydrogen-bond acceptors (Lipinski definition) is 6. The monoisotopic (exact) mass is 385 g/mol. The molecule has 1 rings (SSSR count). The minimum Gasteiger partial charge on any atom is -0.467 e. The lowest BCUT2D eigenvalue weighted by Crippen LogP contribution is -2.42. The molecule has 1 aromatic heterocycles. The van der Waals surface area contributed by atoms with Gasteiger partial charge in [-0.1, -0.05) is 44.4 Å². The fourth-order valence-electron chi connectivity index (χ4n) is 2.19. The number of β-amino-alcohol motifs (C(OH)–C–C–N with tert-alkyl or cyclic N) is 1. The topological polar surface area (TPSA) is 83.5 Å². The predicted octanol–water partition coefficient (Wildman–Crippen LogP) is 3.22. The highest BCUT2D eigenvalue weighted by Crippen LogP contribution is 2.20. The van der Waals surface area contributed by atoms with Crippen LogP contribution in [0.25, 0.3) is 0 Å². The smallest absolute Gasteiger partial charge is 0.273 e. The van der Waals surface area contributed by atoms with Crippen molar-refractivity contribution >= 4 is 17.2 Å². The van der Waals surface area contributed by atoms with Gasteiger partial charge in [0.1, 0.15) is 17.6 Å². The second-order valence-corrected chi connectivity index (χ2v) is 8.84. The maximum Gasteiger partial charge on any atom is 0.273 e. The average Bonchev–Trinajstić information content (AvgIpc) is 3.05. The highest BCUT2D eigenvalue weighted by Gasteiger charge is 2.15. The van der Waals surface area contributed by atoms with Crippen LogP contribution < -0.4 is 15.4 Å². The first-order valence-corrected chi connectivity index (χ1v) is 10.3. The molecule has 150 valence electrons. The van der Waals surface area contributed by atoms with Gasteiger partial charge in [0, 0.05) is 18.6 Å². The van der Waals surface area contributed by atoms with Crippen LogP contribution >= 0.6 is 11.3 Å². The minimum absolute atomic E-state index is 0.0536. The standard InChI is InChI=1S/C19H35N3O3S/c1-6-14(2)9-7-8-10-20-17(24)16-12-21-18(26-16)25-13-15(23)11-22-19(3,4)5/h12,14-15,22-23H,6-11,13H2,1-5H3,(H,20,24). The maximum absolute atomic E-state index is 12.1. The average molecular weight is 386 g/mol. The molecule has 0 aromatic carbocycles. The molecule has 2 unspecified atom stereocenters. The van der Waals surface area contributed by atoms with E-state index in [-0.39, 0.29) is 18.1 Å². The van der Waals surface area contributed by atoms with Gasteiger partial charge in [0.2, 0.25) is 0 Å². The van der Waals surface area contributed by atoms with Crippen molar-refractivity contribution in [3.63, 3.8) is 0 Å². The van der Waals surface area contributed by atoms with E-state index >= 15 is 0 Å². The molecular weight excluding hydrogens is 350 g/mol. The third-order valence-electron chi connectivity index (χ3n) is 4.08. The van der Waals surface area contributed by atoms with Crippen molar-refractivity contribution in [1.29, 1.82) is 0 Å². The number of amides is 1. The number of ether oxygens (including phenoxy) is 1. The Morgan fingerprint density at radius 3 is 2.77 bits per heavy atom. The normalized spacial score (nSPS) is 14.1. The molecule has 0 radical (unpaired) electrons. The van der Waals surface area contributed by atoms with Crippen molar-refractivity contribution in [3.8, 4) is 5.19 Å². The maximum atomic E-state index is 12.1. The van der Waals surface area contributed by atoms with Gasteiger partial charge in [-0.25, -0.2) is 4.98 Å². The van der Waals surface area contributed by atoms with Crippen LogP contribution in [0.5, 0.6) is 5.19 Å². The molecule has 0 aliphatic rings. The molecule has 0 saturated carbocycles. The molecule has 1 amide bonds. The van der Waals surface area contributed by atoms with E-state index in [2.05, 4.69) is 29.5 Å². The second kappa shape index (κ2) is 11.5. The summed E-state index contributed by atoms with van der Waals surface area (Å²) in [5, 5.41) is 16.5. The summed E-state index contributed by atoms with van der Waals surface area (Å²) in [7, 11) is 0. The highest BCUT2D eigenvalue weighted by atomic mass is 32.1. The minimum atomic E-state index is -0.624. The molecule has 2 atom stereocenters. The SMILES string of the molecule is CCC(C)CCCCNC(=O)c1cnc(OCC(O)CNC(C)(C)C)s1. The molecule has 0 spiro atoms. The van der Waals surface area contributed by atoms with Crippen molar-refractivity contribution < 1.29 is 14.6 Å². The molecule has 6 nitrogen and oxygen atoms in total. The van der Waals surface area contributed by atoms with E-state index in [0.717, 1.165) is 18.8 Å². The van der Waals surface area contributed by atoms with Gasteiger partial charge in [0.15, 0.2) is 0 Å². The Hall–Kier alpha value is -1.18. The summed E-state index contributed by atoms with van der Waals surface area (Å²) in [4.78, 5) is 16.7. The van der Waals surface area contributed by atoms with E-state index in [1.54, 1.807) is 0 Å². The first-order valence-electron chi connectivity index (χ1n) is 9.51. The van der Waals surface area contributed by atoms with Gasteiger partial charge in [-0.15, -0.1) is 0 Å². The summed E-state index contributed by atoms with van der Waals surface area (Å²) < 4.78 is 5.48. The molecule has 7 heteroatoms. The van der Waals surface area contributed by atoms with Gasteiger partial charge >= 0.3 is 0 Å². The van der Waals surface area contributed by atoms with Crippen LogP contribution in [0.4, 0.5) is 0 Å². The number of rotatable bonds is 12. The molecule has 26 heavy (non-hydrogen) atoms. The lowest BCUT2D eigenvalue weighted by atomic mass is 10.0. The molecule has 0 aliphatic carbocycles. The van der Waals surface area contributed by atoms with Gasteiger partial charge in [0.05, 0.1) is 6.20 Å². The van der Waals surface area contributed by atoms with Crippen molar-refractivity contribution in [3.05, 3.63) is 11.1 Å². The fraction of sp³-hybridized carbons (Fsp3) is 0.789. The Balaban J connectivity index is 2.25. The Kier molecular flexibility index (Phi) is 10.1. The van der Waals surface area contributed by atoms with E-state index in [1.165, 1.54) is 30.4 Å². The second-order valence-electron chi connectivity index (χ2n) is 7.85. The van der Waals surface area contributed by atoms with E-state index in [9.17, 15) is 9.90 Å². The quantitative estimate of drug-likeness (QED) is 0.481. The van der Waals surface area contributed by atoms with Crippen LogP contribution in [0.15, 0.2) is 6.20 Å². The van der Waals surface area contributed by atoms with Gasteiger partial charge < -0.3 is 20.5 Å². The molecule has 1 aromatic rings. The number of carbonyl (C=O) groups excluding carboxylic acids is 1. The zero-order chi connectivity index (χ0) is 19.6. The summed E-state index contributed by atoms with van der Waals surface area (Å²) in [6.45, 7) is 11.8. The number of aromatic nitrogens is 1. The summed E-state index contributed by atoms with van der Waals surface area (Å²) in [5.41, 5.74) is -0.0536. The van der Waals surface area contributed by atoms with Crippen LogP contribution in [0, 0.1) is 5.92 Å². The number of nitrogens with zero attached hydrogens (tertiary/aromatic N) is 1. The first-order chi connectivity index (χ1) is 12.2. The first kappa shape index (κ1) is 22.9. The van der Waals surface area contributed by atoms with E-state index in [0.29, 0.717) is 23.2 Å². The number of aliphatic hydroxyl groups is 1. The van der Waals surface area contributed by atoms with Crippen LogP contribution in [-0.2, 0) is 0 Å². The van der Waals surface area contributed by atoms with Crippen molar-refractivity contribution in [2.75, 3.05) is 19.7 Å². The zero-order valence-corrected chi connectivity index (χ0v) is 17.6. The Morgan fingerprint density at radius 2 is 2.12 bits per heavy atom. The number of carbonyl (C=O) groups is 1. The van der Waals surface area contributed by atoms with Crippen molar-refractivity contribution in [2.24, 2.45) is 5.92 Å². The molecule has 0 aliphatic heterocycles. The lowest BCUT2D eigenvalue weighted by molar-refractivity contribution is 0.0956. The Labute approximate surface area is 161 Å². The fourth-order valence-corrected chi connectivity index (χ4v) is 2.88. The number of nitrogens with one attached hydrogen (secondary N) is 2. The third kappa shape index (κ3) is 10.1. The molecule has 3 N–H and O–H groups in total. The summed E-state index contributed by atoms with van der Waals surface area (Å²) in [5.74, 6) is 0.636. The number of unbranched alkanes of at least 4 members (excludes halogenated alkanes) is 1. The van der Waals surface area contributed by atoms with Crippen LogP contribution in [0.2, 0.25) is 0 Å². The summed E-state index contributed by atoms with van der Waals surface area (Å²) in [6, 6.07) is 0. The number of thiazole rings is 1.